The zero-order chi connectivity index (χ0) is 12.8. The van der Waals surface area contributed by atoms with Crippen molar-refractivity contribution in [3.8, 4) is 5.75 Å². The van der Waals surface area contributed by atoms with E-state index in [0.29, 0.717) is 24.5 Å². The van der Waals surface area contributed by atoms with Gasteiger partial charge in [-0.1, -0.05) is 25.1 Å². The number of rotatable bonds is 1. The first-order valence-corrected chi connectivity index (χ1v) is 6.52. The number of fused-ring (bicyclic) bond motifs is 3. The van der Waals surface area contributed by atoms with Gasteiger partial charge in [0.05, 0.1) is 7.11 Å². The van der Waals surface area contributed by atoms with E-state index < -0.39 is 0 Å². The summed E-state index contributed by atoms with van der Waals surface area (Å²) in [7, 11) is 1.70. The van der Waals surface area contributed by atoms with Crippen molar-refractivity contribution in [3.05, 3.63) is 35.4 Å². The monoisotopic (exact) mass is 242 g/mol. The third kappa shape index (κ3) is 1.59. The average molecular weight is 242 g/mol. The molecule has 1 fully saturated rings. The molecule has 2 nitrogen and oxygen atoms in total. The smallest absolute Gasteiger partial charge is 0.133 e. The Labute approximate surface area is 108 Å². The Morgan fingerprint density at radius 1 is 1.39 bits per heavy atom. The summed E-state index contributed by atoms with van der Waals surface area (Å²) in [4.78, 5) is 11.6. The van der Waals surface area contributed by atoms with E-state index >= 15 is 0 Å². The van der Waals surface area contributed by atoms with Crippen molar-refractivity contribution in [3.63, 3.8) is 0 Å². The molecule has 0 bridgehead atoms. The van der Waals surface area contributed by atoms with E-state index in [0.717, 1.165) is 12.2 Å². The SMILES string of the molecule is COc1ccc2c(c1)[C@@]1(C)CCC(=O)C[C@@H]1C=C2. The van der Waals surface area contributed by atoms with Gasteiger partial charge in [-0.3, -0.25) is 4.79 Å². The molecular weight excluding hydrogens is 224 g/mol. The van der Waals surface area contributed by atoms with Crippen molar-refractivity contribution in [2.45, 2.75) is 31.6 Å². The maximum Gasteiger partial charge on any atom is 0.133 e. The molecule has 3 rings (SSSR count). The zero-order valence-electron chi connectivity index (χ0n) is 10.9. The van der Waals surface area contributed by atoms with Crippen LogP contribution >= 0.6 is 0 Å². The molecule has 2 aliphatic rings. The van der Waals surface area contributed by atoms with Gasteiger partial charge >= 0.3 is 0 Å². The molecule has 1 saturated carbocycles. The second kappa shape index (κ2) is 3.98. The zero-order valence-corrected chi connectivity index (χ0v) is 10.9. The second-order valence-electron chi connectivity index (χ2n) is 5.58. The molecule has 1 aromatic carbocycles. The minimum Gasteiger partial charge on any atom is -0.497 e. The number of ketones is 1. The van der Waals surface area contributed by atoms with E-state index in [9.17, 15) is 4.79 Å². The van der Waals surface area contributed by atoms with Crippen LogP contribution < -0.4 is 4.74 Å². The summed E-state index contributed by atoms with van der Waals surface area (Å²) in [5, 5.41) is 0. The minimum absolute atomic E-state index is 0.0898. The lowest BCUT2D eigenvalue weighted by molar-refractivity contribution is -0.122. The highest BCUT2D eigenvalue weighted by Crippen LogP contribution is 2.48. The number of benzene rings is 1. The van der Waals surface area contributed by atoms with Crippen molar-refractivity contribution in [1.82, 2.24) is 0 Å². The van der Waals surface area contributed by atoms with Gasteiger partial charge in [0.2, 0.25) is 0 Å². The molecule has 94 valence electrons. The van der Waals surface area contributed by atoms with Gasteiger partial charge in [0.25, 0.3) is 0 Å². The third-order valence-electron chi connectivity index (χ3n) is 4.57. The fourth-order valence-corrected chi connectivity index (χ4v) is 3.29. The first kappa shape index (κ1) is 11.5. The Hall–Kier alpha value is -1.57. The van der Waals surface area contributed by atoms with Crippen molar-refractivity contribution < 1.29 is 9.53 Å². The van der Waals surface area contributed by atoms with Gasteiger partial charge in [0, 0.05) is 18.3 Å². The maximum atomic E-state index is 11.6. The number of hydrogen-bond donors (Lipinski definition) is 0. The van der Waals surface area contributed by atoms with Gasteiger partial charge in [-0.25, -0.2) is 0 Å². The van der Waals surface area contributed by atoms with Gasteiger partial charge in [-0.2, -0.15) is 0 Å². The number of Topliss-reactive ketones (excluding diaryl/α,β-unsaturated/α-hetero) is 1. The summed E-state index contributed by atoms with van der Waals surface area (Å²) in [6.45, 7) is 2.28. The minimum atomic E-state index is 0.0898. The average Bonchev–Trinajstić information content (AvgIpc) is 2.39. The fourth-order valence-electron chi connectivity index (χ4n) is 3.29. The van der Waals surface area contributed by atoms with Crippen LogP contribution in [0.1, 0.15) is 37.3 Å². The van der Waals surface area contributed by atoms with E-state index in [2.05, 4.69) is 31.2 Å². The summed E-state index contributed by atoms with van der Waals surface area (Å²) in [5.41, 5.74) is 2.69. The largest absolute Gasteiger partial charge is 0.497 e. The van der Waals surface area contributed by atoms with Gasteiger partial charge in [0.1, 0.15) is 11.5 Å². The maximum absolute atomic E-state index is 11.6. The summed E-state index contributed by atoms with van der Waals surface area (Å²) >= 11 is 0. The van der Waals surface area contributed by atoms with Crippen LogP contribution in [0.25, 0.3) is 6.08 Å². The van der Waals surface area contributed by atoms with Crippen molar-refractivity contribution in [2.24, 2.45) is 5.92 Å². The molecular formula is C16H18O2. The number of methoxy groups -OCH3 is 1. The van der Waals surface area contributed by atoms with Crippen molar-refractivity contribution in [2.75, 3.05) is 7.11 Å². The molecule has 0 aliphatic heterocycles. The molecule has 0 spiro atoms. The molecule has 0 amide bonds. The van der Waals surface area contributed by atoms with Crippen LogP contribution in [0.2, 0.25) is 0 Å². The number of hydrogen-bond acceptors (Lipinski definition) is 2. The predicted molar refractivity (Wildman–Crippen MR) is 71.7 cm³/mol. The molecule has 0 saturated heterocycles. The quantitative estimate of drug-likeness (QED) is 0.755. The van der Waals surface area contributed by atoms with Crippen LogP contribution in [0.4, 0.5) is 0 Å². The highest BCUT2D eigenvalue weighted by atomic mass is 16.5. The van der Waals surface area contributed by atoms with Crippen LogP contribution in [0, 0.1) is 5.92 Å². The highest BCUT2D eigenvalue weighted by molar-refractivity contribution is 5.81. The molecule has 2 heteroatoms. The van der Waals surface area contributed by atoms with Crippen molar-refractivity contribution >= 4 is 11.9 Å². The number of carbonyl (C=O) groups is 1. The van der Waals surface area contributed by atoms with E-state index in [1.165, 1.54) is 11.1 Å². The third-order valence-corrected chi connectivity index (χ3v) is 4.57. The molecule has 2 aliphatic carbocycles. The molecule has 0 unspecified atom stereocenters. The van der Waals surface area contributed by atoms with Crippen molar-refractivity contribution in [1.29, 1.82) is 0 Å². The van der Waals surface area contributed by atoms with Gasteiger partial charge in [-0.05, 0) is 35.6 Å². The van der Waals surface area contributed by atoms with Crippen LogP contribution in [0.15, 0.2) is 24.3 Å². The fraction of sp³-hybridized carbons (Fsp3) is 0.438. The van der Waals surface area contributed by atoms with E-state index in [1.54, 1.807) is 7.11 Å². The molecule has 2 atom stereocenters. The molecule has 0 heterocycles. The molecule has 0 aromatic heterocycles. The van der Waals surface area contributed by atoms with Crippen LogP contribution in [-0.2, 0) is 10.2 Å². The van der Waals surface area contributed by atoms with Gasteiger partial charge in [-0.15, -0.1) is 0 Å². The molecule has 18 heavy (non-hydrogen) atoms. The van der Waals surface area contributed by atoms with Crippen LogP contribution in [-0.4, -0.2) is 12.9 Å². The summed E-state index contributed by atoms with van der Waals surface area (Å²) < 4.78 is 5.34. The summed E-state index contributed by atoms with van der Waals surface area (Å²) in [6, 6.07) is 6.25. The normalized spacial score (nSPS) is 29.7. The number of ether oxygens (including phenoxy) is 1. The van der Waals surface area contributed by atoms with E-state index in [4.69, 9.17) is 4.74 Å². The Bertz CT molecular complexity index is 530. The topological polar surface area (TPSA) is 26.3 Å². The number of allylic oxidation sites excluding steroid dienone is 1. The van der Waals surface area contributed by atoms with Gasteiger partial charge in [0.15, 0.2) is 0 Å². The number of carbonyl (C=O) groups excluding carboxylic acids is 1. The first-order valence-electron chi connectivity index (χ1n) is 6.52. The van der Waals surface area contributed by atoms with Crippen LogP contribution in [0.5, 0.6) is 5.75 Å². The Morgan fingerprint density at radius 2 is 2.22 bits per heavy atom. The molecule has 0 radical (unpaired) electrons. The summed E-state index contributed by atoms with van der Waals surface area (Å²) in [6.07, 6.45) is 6.70. The van der Waals surface area contributed by atoms with E-state index in [1.807, 2.05) is 6.07 Å². The Balaban J connectivity index is 2.10. The lowest BCUT2D eigenvalue weighted by Gasteiger charge is -2.43. The second-order valence-corrected chi connectivity index (χ2v) is 5.58. The lowest BCUT2D eigenvalue weighted by atomic mass is 9.60. The van der Waals surface area contributed by atoms with E-state index in [-0.39, 0.29) is 5.41 Å². The predicted octanol–water partition coefficient (Wildman–Crippen LogP) is 3.35. The molecule has 1 aromatic rings. The van der Waals surface area contributed by atoms with Gasteiger partial charge < -0.3 is 4.74 Å². The standard InChI is InChI=1S/C16H18O2/c1-16-8-7-13(17)9-12(16)5-3-11-4-6-14(18-2)10-15(11)16/h3-6,10,12H,7-9H2,1-2H3/t12-,16-/m0/s1. The first-order chi connectivity index (χ1) is 8.63. The van der Waals surface area contributed by atoms with Crippen LogP contribution in [0.3, 0.4) is 0 Å². The lowest BCUT2D eigenvalue weighted by Crippen LogP contribution is -2.39. The Kier molecular flexibility index (Phi) is 2.54. The molecule has 0 N–H and O–H groups in total. The Morgan fingerprint density at radius 3 is 3.00 bits per heavy atom. The summed E-state index contributed by atoms with van der Waals surface area (Å²) in [5.74, 6) is 1.65. The highest BCUT2D eigenvalue weighted by Gasteiger charge is 2.42.